The van der Waals surface area contributed by atoms with Crippen molar-refractivity contribution >= 4 is 12.1 Å². The van der Waals surface area contributed by atoms with Crippen LogP contribution in [-0.4, -0.2) is 42.5 Å². The molecule has 7 heteroatoms. The van der Waals surface area contributed by atoms with Gasteiger partial charge in [0.05, 0.1) is 30.9 Å². The summed E-state index contributed by atoms with van der Waals surface area (Å²) in [4.78, 5) is 25.4. The lowest BCUT2D eigenvalue weighted by molar-refractivity contribution is -0.185. The minimum atomic E-state index is -1.69. The van der Waals surface area contributed by atoms with Crippen molar-refractivity contribution in [2.24, 2.45) is 0 Å². The second-order valence-corrected chi connectivity index (χ2v) is 6.85. The molecule has 0 radical (unpaired) electrons. The van der Waals surface area contributed by atoms with Crippen molar-refractivity contribution in [2.45, 2.75) is 65.2 Å². The summed E-state index contributed by atoms with van der Waals surface area (Å²) in [7, 11) is 0. The van der Waals surface area contributed by atoms with Crippen LogP contribution >= 0.6 is 0 Å². The molecule has 29 heavy (non-hydrogen) atoms. The minimum absolute atomic E-state index is 0.0989. The number of carbonyl (C=O) groups excluding carboxylic acids is 2. The molecular formula is C22H31NO6. The van der Waals surface area contributed by atoms with Crippen LogP contribution < -0.4 is 5.32 Å². The summed E-state index contributed by atoms with van der Waals surface area (Å²) in [5.74, 6) is 1.60. The van der Waals surface area contributed by atoms with Crippen molar-refractivity contribution < 1.29 is 28.9 Å². The van der Waals surface area contributed by atoms with Gasteiger partial charge >= 0.3 is 12.1 Å². The molecule has 7 nitrogen and oxygen atoms in total. The van der Waals surface area contributed by atoms with E-state index in [2.05, 4.69) is 11.2 Å². The number of carbonyl (C=O) groups is 2. The van der Waals surface area contributed by atoms with Crippen molar-refractivity contribution in [3.8, 4) is 18.1 Å². The number of phenolic OH excluding ortho intramolecular Hbond substituents is 1. The smallest absolute Gasteiger partial charge is 0.407 e. The van der Waals surface area contributed by atoms with Gasteiger partial charge < -0.3 is 24.6 Å². The molecule has 1 rings (SSSR count). The normalized spacial score (nSPS) is 13.8. The Labute approximate surface area is 172 Å². The van der Waals surface area contributed by atoms with Crippen LogP contribution in [0.3, 0.4) is 0 Å². The summed E-state index contributed by atoms with van der Waals surface area (Å²) in [6, 6.07) is 3.54. The molecule has 160 valence electrons. The van der Waals surface area contributed by atoms with Gasteiger partial charge in [-0.1, -0.05) is 25.3 Å². The van der Waals surface area contributed by atoms with Gasteiger partial charge in [0.1, 0.15) is 5.75 Å². The van der Waals surface area contributed by atoms with Crippen molar-refractivity contribution in [1.29, 1.82) is 0 Å². The number of ether oxygens (including phenoxy) is 3. The number of hydrogen-bond donors (Lipinski definition) is 2. The molecule has 0 fully saturated rings. The standard InChI is InChI=1S/C22H31NO6/c1-7-10-13-28-21(26)23-16(6)22(29-15(4)5,20(25)27-9-3)18-11-12-19(24)17(8-2)14-18/h2,11-12,14-16,24H,7,9-10,13H2,1,3-6H3,(H,23,26). The summed E-state index contributed by atoms with van der Waals surface area (Å²) in [6.45, 7) is 9.22. The number of rotatable bonds is 10. The van der Waals surface area contributed by atoms with E-state index < -0.39 is 23.7 Å². The van der Waals surface area contributed by atoms with Crippen molar-refractivity contribution in [3.05, 3.63) is 29.3 Å². The second kappa shape index (κ2) is 11.3. The largest absolute Gasteiger partial charge is 0.507 e. The first-order valence-corrected chi connectivity index (χ1v) is 9.81. The highest BCUT2D eigenvalue weighted by Gasteiger charge is 2.50. The van der Waals surface area contributed by atoms with E-state index in [9.17, 15) is 14.7 Å². The number of hydrogen-bond acceptors (Lipinski definition) is 6. The minimum Gasteiger partial charge on any atom is -0.507 e. The van der Waals surface area contributed by atoms with E-state index in [0.717, 1.165) is 12.8 Å². The van der Waals surface area contributed by atoms with Gasteiger partial charge in [-0.3, -0.25) is 0 Å². The van der Waals surface area contributed by atoms with Gasteiger partial charge in [-0.05, 0) is 51.8 Å². The van der Waals surface area contributed by atoms with Crippen LogP contribution in [0, 0.1) is 12.3 Å². The molecule has 0 saturated carbocycles. The van der Waals surface area contributed by atoms with Crippen LogP contribution in [0.4, 0.5) is 4.79 Å². The zero-order valence-corrected chi connectivity index (χ0v) is 17.8. The third kappa shape index (κ3) is 6.13. The van der Waals surface area contributed by atoms with Gasteiger partial charge in [0.2, 0.25) is 5.60 Å². The summed E-state index contributed by atoms with van der Waals surface area (Å²) >= 11 is 0. The fraction of sp³-hybridized carbons (Fsp3) is 0.545. The Morgan fingerprint density at radius 1 is 1.24 bits per heavy atom. The second-order valence-electron chi connectivity index (χ2n) is 6.85. The quantitative estimate of drug-likeness (QED) is 0.352. The monoisotopic (exact) mass is 405 g/mol. The van der Waals surface area contributed by atoms with E-state index in [4.69, 9.17) is 20.6 Å². The predicted molar refractivity (Wildman–Crippen MR) is 109 cm³/mol. The highest BCUT2D eigenvalue weighted by atomic mass is 16.6. The Morgan fingerprint density at radius 3 is 2.48 bits per heavy atom. The van der Waals surface area contributed by atoms with Gasteiger partial charge in [0.15, 0.2) is 0 Å². The number of nitrogens with one attached hydrogen (secondary N) is 1. The number of phenols is 1. The SMILES string of the molecule is C#Cc1cc(C(OC(C)C)(C(=O)OCC)C(C)NC(=O)OCCCC)ccc1O. The molecule has 2 unspecified atom stereocenters. The number of amides is 1. The van der Waals surface area contributed by atoms with E-state index in [1.807, 2.05) is 6.92 Å². The highest BCUT2D eigenvalue weighted by molar-refractivity contribution is 5.84. The fourth-order valence-electron chi connectivity index (χ4n) is 2.88. The highest BCUT2D eigenvalue weighted by Crippen LogP contribution is 2.35. The van der Waals surface area contributed by atoms with Crippen LogP contribution in [0.2, 0.25) is 0 Å². The Kier molecular flexibility index (Phi) is 9.49. The lowest BCUT2D eigenvalue weighted by atomic mass is 9.85. The molecule has 0 heterocycles. The third-order valence-electron chi connectivity index (χ3n) is 4.26. The first kappa shape index (κ1) is 24.3. The molecule has 0 bridgehead atoms. The van der Waals surface area contributed by atoms with E-state index in [1.165, 1.54) is 18.2 Å². The average Bonchev–Trinajstić information content (AvgIpc) is 2.66. The Balaban J connectivity index is 3.43. The molecule has 2 atom stereocenters. The number of esters is 1. The molecule has 2 N–H and O–H groups in total. The maximum atomic E-state index is 13.1. The van der Waals surface area contributed by atoms with Gasteiger partial charge in [-0.2, -0.15) is 0 Å². The summed E-state index contributed by atoms with van der Waals surface area (Å²) < 4.78 is 16.5. The zero-order valence-electron chi connectivity index (χ0n) is 17.8. The van der Waals surface area contributed by atoms with Crippen LogP contribution in [0.25, 0.3) is 0 Å². The Bertz CT molecular complexity index is 739. The van der Waals surface area contributed by atoms with Crippen LogP contribution in [0.15, 0.2) is 18.2 Å². The molecule has 0 spiro atoms. The molecule has 1 amide bonds. The van der Waals surface area contributed by atoms with Gasteiger partial charge in [-0.15, -0.1) is 6.42 Å². The van der Waals surface area contributed by atoms with E-state index in [-0.39, 0.29) is 30.6 Å². The molecular weight excluding hydrogens is 374 g/mol. The number of terminal acetylenes is 1. The van der Waals surface area contributed by atoms with Crippen molar-refractivity contribution in [1.82, 2.24) is 5.32 Å². The zero-order chi connectivity index (χ0) is 22.0. The summed E-state index contributed by atoms with van der Waals surface area (Å²) in [5, 5.41) is 12.6. The maximum absolute atomic E-state index is 13.1. The molecule has 0 saturated heterocycles. The lowest BCUT2D eigenvalue weighted by Crippen LogP contribution is -2.57. The van der Waals surface area contributed by atoms with Gasteiger partial charge in [0.25, 0.3) is 0 Å². The first-order chi connectivity index (χ1) is 13.7. The van der Waals surface area contributed by atoms with E-state index >= 15 is 0 Å². The summed E-state index contributed by atoms with van der Waals surface area (Å²) in [5.41, 5.74) is -1.13. The lowest BCUT2D eigenvalue weighted by Gasteiger charge is -2.38. The van der Waals surface area contributed by atoms with E-state index in [1.54, 1.807) is 27.7 Å². The van der Waals surface area contributed by atoms with Crippen molar-refractivity contribution in [3.63, 3.8) is 0 Å². The number of aromatic hydroxyl groups is 1. The van der Waals surface area contributed by atoms with E-state index in [0.29, 0.717) is 5.56 Å². The van der Waals surface area contributed by atoms with Crippen LogP contribution in [0.5, 0.6) is 5.75 Å². The molecule has 0 aliphatic heterocycles. The Morgan fingerprint density at radius 2 is 1.93 bits per heavy atom. The number of benzene rings is 1. The van der Waals surface area contributed by atoms with Crippen molar-refractivity contribution in [2.75, 3.05) is 13.2 Å². The summed E-state index contributed by atoms with van der Waals surface area (Å²) in [6.07, 6.45) is 6.03. The van der Waals surface area contributed by atoms with Crippen LogP contribution in [0.1, 0.15) is 58.6 Å². The number of unbranched alkanes of at least 4 members (excludes halogenated alkanes) is 1. The topological polar surface area (TPSA) is 94.1 Å². The predicted octanol–water partition coefficient (Wildman–Crippen LogP) is 3.47. The number of alkyl carbamates (subject to hydrolysis) is 1. The Hall–Kier alpha value is -2.72. The molecule has 0 aliphatic carbocycles. The maximum Gasteiger partial charge on any atom is 0.407 e. The van der Waals surface area contributed by atoms with Crippen LogP contribution in [-0.2, 0) is 24.6 Å². The van der Waals surface area contributed by atoms with Gasteiger partial charge in [0, 0.05) is 0 Å². The van der Waals surface area contributed by atoms with Gasteiger partial charge in [-0.25, -0.2) is 9.59 Å². The average molecular weight is 405 g/mol. The first-order valence-electron chi connectivity index (χ1n) is 9.81. The third-order valence-corrected chi connectivity index (χ3v) is 4.26. The molecule has 0 aliphatic rings. The molecule has 0 aromatic heterocycles. The molecule has 1 aromatic rings. The fourth-order valence-corrected chi connectivity index (χ4v) is 2.88. The molecule has 1 aromatic carbocycles.